The zero-order valence-electron chi connectivity index (χ0n) is 15.9. The molecule has 6 nitrogen and oxygen atoms in total. The number of carbonyl (C=O) groups excluding carboxylic acids is 1. The van der Waals surface area contributed by atoms with E-state index in [1.54, 1.807) is 11.8 Å². The van der Waals surface area contributed by atoms with E-state index in [-0.39, 0.29) is 6.03 Å². The predicted octanol–water partition coefficient (Wildman–Crippen LogP) is 4.12. The Balaban J connectivity index is 1.77. The minimum Gasteiger partial charge on any atom is -0.421 e. The van der Waals surface area contributed by atoms with Crippen molar-refractivity contribution in [1.82, 2.24) is 20.0 Å². The lowest BCUT2D eigenvalue weighted by Gasteiger charge is -2.28. The highest BCUT2D eigenvalue weighted by molar-refractivity contribution is 5.74. The van der Waals surface area contributed by atoms with Gasteiger partial charge in [-0.25, -0.2) is 4.79 Å². The average molecular weight is 364 g/mol. The zero-order chi connectivity index (χ0) is 19.2. The predicted molar refractivity (Wildman–Crippen MR) is 104 cm³/mol. The fourth-order valence-electron chi connectivity index (χ4n) is 2.76. The zero-order valence-corrected chi connectivity index (χ0v) is 15.9. The SMILES string of the molecule is CCN(C)C(=O)N(Cc1ccccc1)Cc1ccc(-c2nnc(C)o2)cc1. The first-order valence-corrected chi connectivity index (χ1v) is 9.00. The number of urea groups is 1. The van der Waals surface area contributed by atoms with Gasteiger partial charge < -0.3 is 14.2 Å². The van der Waals surface area contributed by atoms with Gasteiger partial charge in [0.2, 0.25) is 11.8 Å². The number of rotatable bonds is 6. The number of hydrogen-bond acceptors (Lipinski definition) is 4. The summed E-state index contributed by atoms with van der Waals surface area (Å²) in [6.07, 6.45) is 0. The Morgan fingerprint density at radius 1 is 0.963 bits per heavy atom. The van der Waals surface area contributed by atoms with Crippen molar-refractivity contribution in [1.29, 1.82) is 0 Å². The molecular weight excluding hydrogens is 340 g/mol. The molecular formula is C21H24N4O2. The maximum Gasteiger partial charge on any atom is 0.320 e. The number of aromatic nitrogens is 2. The Hall–Kier alpha value is -3.15. The van der Waals surface area contributed by atoms with E-state index in [0.29, 0.717) is 31.4 Å². The lowest BCUT2D eigenvalue weighted by Crippen LogP contribution is -2.40. The van der Waals surface area contributed by atoms with Gasteiger partial charge >= 0.3 is 6.03 Å². The normalized spacial score (nSPS) is 10.6. The van der Waals surface area contributed by atoms with Crippen LogP contribution in [0.25, 0.3) is 11.5 Å². The Kier molecular flexibility index (Phi) is 5.86. The number of aryl methyl sites for hydroxylation is 1. The average Bonchev–Trinajstić information content (AvgIpc) is 3.14. The summed E-state index contributed by atoms with van der Waals surface area (Å²) in [5.74, 6) is 1.04. The highest BCUT2D eigenvalue weighted by Gasteiger charge is 2.18. The molecule has 0 fully saturated rings. The summed E-state index contributed by atoms with van der Waals surface area (Å²) in [6, 6.07) is 17.9. The van der Waals surface area contributed by atoms with Crippen LogP contribution in [0.2, 0.25) is 0 Å². The Morgan fingerprint density at radius 3 is 2.15 bits per heavy atom. The van der Waals surface area contributed by atoms with E-state index in [1.807, 2.05) is 73.5 Å². The quantitative estimate of drug-likeness (QED) is 0.660. The van der Waals surface area contributed by atoms with Crippen LogP contribution in [0.15, 0.2) is 59.0 Å². The molecule has 0 saturated carbocycles. The van der Waals surface area contributed by atoms with Gasteiger partial charge in [-0.05, 0) is 30.2 Å². The van der Waals surface area contributed by atoms with E-state index in [0.717, 1.165) is 16.7 Å². The molecule has 0 radical (unpaired) electrons. The second kappa shape index (κ2) is 8.49. The second-order valence-electron chi connectivity index (χ2n) is 6.46. The molecule has 0 N–H and O–H groups in total. The maximum atomic E-state index is 12.8. The number of benzene rings is 2. The van der Waals surface area contributed by atoms with Crippen LogP contribution in [0, 0.1) is 6.92 Å². The van der Waals surface area contributed by atoms with Crippen molar-refractivity contribution in [2.24, 2.45) is 0 Å². The molecule has 27 heavy (non-hydrogen) atoms. The summed E-state index contributed by atoms with van der Waals surface area (Å²) in [5.41, 5.74) is 3.02. The van der Waals surface area contributed by atoms with E-state index in [2.05, 4.69) is 10.2 Å². The second-order valence-corrected chi connectivity index (χ2v) is 6.46. The van der Waals surface area contributed by atoms with E-state index in [1.165, 1.54) is 0 Å². The smallest absolute Gasteiger partial charge is 0.320 e. The summed E-state index contributed by atoms with van der Waals surface area (Å²) in [4.78, 5) is 16.4. The highest BCUT2D eigenvalue weighted by Crippen LogP contribution is 2.19. The molecule has 1 heterocycles. The minimum atomic E-state index is 0.0120. The molecule has 6 heteroatoms. The third-order valence-corrected chi connectivity index (χ3v) is 4.39. The fraction of sp³-hybridized carbons (Fsp3) is 0.286. The van der Waals surface area contributed by atoms with Gasteiger partial charge in [-0.15, -0.1) is 10.2 Å². The van der Waals surface area contributed by atoms with Crippen molar-refractivity contribution >= 4 is 6.03 Å². The molecule has 0 aliphatic rings. The summed E-state index contributed by atoms with van der Waals surface area (Å²) in [6.45, 7) is 5.50. The van der Waals surface area contributed by atoms with Crippen molar-refractivity contribution in [3.63, 3.8) is 0 Å². The number of carbonyl (C=O) groups is 1. The van der Waals surface area contributed by atoms with Crippen LogP contribution in [0.1, 0.15) is 23.9 Å². The van der Waals surface area contributed by atoms with Gasteiger partial charge in [0.1, 0.15) is 0 Å². The van der Waals surface area contributed by atoms with Crippen molar-refractivity contribution in [2.75, 3.05) is 13.6 Å². The van der Waals surface area contributed by atoms with Crippen LogP contribution in [-0.4, -0.2) is 39.6 Å². The topological polar surface area (TPSA) is 62.5 Å². The number of hydrogen-bond donors (Lipinski definition) is 0. The van der Waals surface area contributed by atoms with Crippen molar-refractivity contribution in [3.05, 3.63) is 71.6 Å². The van der Waals surface area contributed by atoms with E-state index >= 15 is 0 Å². The molecule has 0 aliphatic carbocycles. The largest absolute Gasteiger partial charge is 0.421 e. The van der Waals surface area contributed by atoms with Gasteiger partial charge in [-0.3, -0.25) is 0 Å². The maximum absolute atomic E-state index is 12.8. The van der Waals surface area contributed by atoms with Gasteiger partial charge in [0.05, 0.1) is 0 Å². The van der Waals surface area contributed by atoms with Crippen LogP contribution in [0.3, 0.4) is 0 Å². The molecule has 0 bridgehead atoms. The van der Waals surface area contributed by atoms with E-state index < -0.39 is 0 Å². The standard InChI is InChI=1S/C21H24N4O2/c1-4-24(3)21(26)25(14-17-8-6-5-7-9-17)15-18-10-12-19(13-11-18)20-23-22-16(2)27-20/h5-13H,4,14-15H2,1-3H3. The first kappa shape index (κ1) is 18.6. The third-order valence-electron chi connectivity index (χ3n) is 4.39. The molecule has 2 aromatic carbocycles. The van der Waals surface area contributed by atoms with E-state index in [9.17, 15) is 4.79 Å². The summed E-state index contributed by atoms with van der Waals surface area (Å²) >= 11 is 0. The Morgan fingerprint density at radius 2 is 1.59 bits per heavy atom. The van der Waals surface area contributed by atoms with Crippen molar-refractivity contribution < 1.29 is 9.21 Å². The summed E-state index contributed by atoms with van der Waals surface area (Å²) in [5, 5.41) is 7.89. The van der Waals surface area contributed by atoms with Gasteiger partial charge in [-0.1, -0.05) is 42.5 Å². The van der Waals surface area contributed by atoms with Crippen LogP contribution < -0.4 is 0 Å². The summed E-state index contributed by atoms with van der Waals surface area (Å²) < 4.78 is 5.46. The van der Waals surface area contributed by atoms with Crippen LogP contribution >= 0.6 is 0 Å². The first-order chi connectivity index (χ1) is 13.1. The van der Waals surface area contributed by atoms with Crippen molar-refractivity contribution in [3.8, 4) is 11.5 Å². The molecule has 1 aromatic heterocycles. The van der Waals surface area contributed by atoms with E-state index in [4.69, 9.17) is 4.42 Å². The third kappa shape index (κ3) is 4.73. The molecule has 3 aromatic rings. The van der Waals surface area contributed by atoms with Gasteiger partial charge in [0.15, 0.2) is 0 Å². The Labute approximate surface area is 159 Å². The molecule has 3 rings (SSSR count). The number of amides is 2. The van der Waals surface area contributed by atoms with Crippen LogP contribution in [0.4, 0.5) is 4.79 Å². The van der Waals surface area contributed by atoms with Gasteiger partial charge in [0.25, 0.3) is 0 Å². The monoisotopic (exact) mass is 364 g/mol. The molecule has 0 aliphatic heterocycles. The van der Waals surface area contributed by atoms with Crippen LogP contribution in [0.5, 0.6) is 0 Å². The lowest BCUT2D eigenvalue weighted by molar-refractivity contribution is 0.159. The minimum absolute atomic E-state index is 0.0120. The highest BCUT2D eigenvalue weighted by atomic mass is 16.4. The first-order valence-electron chi connectivity index (χ1n) is 9.00. The van der Waals surface area contributed by atoms with Gasteiger partial charge in [-0.2, -0.15) is 0 Å². The van der Waals surface area contributed by atoms with Crippen LogP contribution in [-0.2, 0) is 13.1 Å². The molecule has 0 atom stereocenters. The molecule has 2 amide bonds. The molecule has 0 saturated heterocycles. The molecule has 0 spiro atoms. The summed E-state index contributed by atoms with van der Waals surface area (Å²) in [7, 11) is 1.82. The molecule has 0 unspecified atom stereocenters. The number of nitrogens with zero attached hydrogens (tertiary/aromatic N) is 4. The van der Waals surface area contributed by atoms with Crippen molar-refractivity contribution in [2.45, 2.75) is 26.9 Å². The van der Waals surface area contributed by atoms with Gasteiger partial charge in [0, 0.05) is 39.2 Å². The lowest BCUT2D eigenvalue weighted by atomic mass is 10.1. The molecule has 140 valence electrons. The Bertz CT molecular complexity index is 875. The fourth-order valence-corrected chi connectivity index (χ4v) is 2.76.